The molecule has 1 fully saturated rings. The molecule has 1 unspecified atom stereocenters. The summed E-state index contributed by atoms with van der Waals surface area (Å²) in [6.45, 7) is 3.71. The van der Waals surface area contributed by atoms with Gasteiger partial charge in [0.1, 0.15) is 5.75 Å². The molecule has 1 aliphatic rings. The molecule has 0 amide bonds. The van der Waals surface area contributed by atoms with Gasteiger partial charge < -0.3 is 20.5 Å². The lowest BCUT2D eigenvalue weighted by Gasteiger charge is -2.25. The Morgan fingerprint density at radius 2 is 2.31 bits per heavy atom. The summed E-state index contributed by atoms with van der Waals surface area (Å²) in [5.74, 6) is 0.701. The maximum absolute atomic E-state index is 5.76. The average Bonchev–Trinajstić information content (AvgIpc) is 2.68. The third-order valence-corrected chi connectivity index (χ3v) is 2.90. The molecule has 0 spiro atoms. The molecule has 1 heterocycles. The van der Waals surface area contributed by atoms with Crippen molar-refractivity contribution < 1.29 is 9.47 Å². The molecule has 1 aromatic rings. The molecule has 0 aromatic heterocycles. The molecule has 0 aliphatic carbocycles. The Morgan fingerprint density at radius 3 is 2.94 bits per heavy atom. The van der Waals surface area contributed by atoms with Crippen LogP contribution in [-0.4, -0.2) is 25.9 Å². The highest BCUT2D eigenvalue weighted by molar-refractivity contribution is 5.62. The molecule has 4 heteroatoms. The lowest BCUT2D eigenvalue weighted by atomic mass is 10.0. The first-order valence-electron chi connectivity index (χ1n) is 5.42. The van der Waals surface area contributed by atoms with Crippen LogP contribution in [0.5, 0.6) is 5.75 Å². The molecule has 4 nitrogen and oxygen atoms in total. The summed E-state index contributed by atoms with van der Waals surface area (Å²) in [7, 11) is 1.62. The van der Waals surface area contributed by atoms with Crippen LogP contribution in [0.2, 0.25) is 0 Å². The van der Waals surface area contributed by atoms with Crippen molar-refractivity contribution in [2.45, 2.75) is 18.9 Å². The van der Waals surface area contributed by atoms with E-state index in [1.165, 1.54) is 0 Å². The van der Waals surface area contributed by atoms with Crippen LogP contribution in [0.15, 0.2) is 18.2 Å². The third-order valence-electron chi connectivity index (χ3n) is 2.90. The smallest absolute Gasteiger partial charge is 0.143 e. The second kappa shape index (κ2) is 4.22. The van der Waals surface area contributed by atoms with Gasteiger partial charge in [-0.2, -0.15) is 0 Å². The zero-order chi connectivity index (χ0) is 11.6. The van der Waals surface area contributed by atoms with Crippen molar-refractivity contribution in [1.29, 1.82) is 0 Å². The molecule has 0 saturated carbocycles. The van der Waals surface area contributed by atoms with Crippen molar-refractivity contribution in [2.24, 2.45) is 0 Å². The van der Waals surface area contributed by atoms with Gasteiger partial charge in [0.05, 0.1) is 24.9 Å². The van der Waals surface area contributed by atoms with E-state index in [4.69, 9.17) is 15.2 Å². The SMILES string of the molecule is COc1cc(NC2(C)CCOC2)ccc1N. The lowest BCUT2D eigenvalue weighted by Crippen LogP contribution is -2.34. The van der Waals surface area contributed by atoms with Gasteiger partial charge in [0, 0.05) is 18.4 Å². The van der Waals surface area contributed by atoms with E-state index >= 15 is 0 Å². The van der Waals surface area contributed by atoms with Crippen LogP contribution in [-0.2, 0) is 4.74 Å². The largest absolute Gasteiger partial charge is 0.495 e. The van der Waals surface area contributed by atoms with Gasteiger partial charge in [-0.3, -0.25) is 0 Å². The summed E-state index contributed by atoms with van der Waals surface area (Å²) in [6, 6.07) is 5.72. The van der Waals surface area contributed by atoms with E-state index in [1.807, 2.05) is 18.2 Å². The average molecular weight is 222 g/mol. The summed E-state index contributed by atoms with van der Waals surface area (Å²) in [5.41, 5.74) is 7.45. The maximum Gasteiger partial charge on any atom is 0.143 e. The normalized spacial score (nSPS) is 24.4. The number of nitrogen functional groups attached to an aromatic ring is 1. The van der Waals surface area contributed by atoms with Gasteiger partial charge in [0.25, 0.3) is 0 Å². The second-order valence-electron chi connectivity index (χ2n) is 4.44. The van der Waals surface area contributed by atoms with Gasteiger partial charge in [0.15, 0.2) is 0 Å². The molecule has 2 rings (SSSR count). The summed E-state index contributed by atoms with van der Waals surface area (Å²) in [5, 5.41) is 3.46. The number of nitrogens with one attached hydrogen (secondary N) is 1. The molecule has 3 N–H and O–H groups in total. The van der Waals surface area contributed by atoms with E-state index in [0.717, 1.165) is 25.3 Å². The first-order chi connectivity index (χ1) is 7.63. The molecular weight excluding hydrogens is 204 g/mol. The van der Waals surface area contributed by atoms with Crippen LogP contribution in [0.3, 0.4) is 0 Å². The quantitative estimate of drug-likeness (QED) is 0.766. The Balaban J connectivity index is 2.15. The first-order valence-corrected chi connectivity index (χ1v) is 5.42. The van der Waals surface area contributed by atoms with Crippen molar-refractivity contribution in [3.63, 3.8) is 0 Å². The highest BCUT2D eigenvalue weighted by Crippen LogP contribution is 2.29. The monoisotopic (exact) mass is 222 g/mol. The number of benzene rings is 1. The highest BCUT2D eigenvalue weighted by atomic mass is 16.5. The Morgan fingerprint density at radius 1 is 1.50 bits per heavy atom. The van der Waals surface area contributed by atoms with Gasteiger partial charge in [-0.05, 0) is 25.5 Å². The first kappa shape index (κ1) is 11.1. The van der Waals surface area contributed by atoms with Crippen molar-refractivity contribution in [1.82, 2.24) is 0 Å². The molecule has 1 aliphatic heterocycles. The van der Waals surface area contributed by atoms with E-state index in [0.29, 0.717) is 11.4 Å². The Bertz CT molecular complexity index is 373. The molecule has 1 saturated heterocycles. The predicted octanol–water partition coefficient (Wildman–Crippen LogP) is 1.87. The minimum absolute atomic E-state index is 0.0150. The van der Waals surface area contributed by atoms with Crippen molar-refractivity contribution in [3.05, 3.63) is 18.2 Å². The minimum Gasteiger partial charge on any atom is -0.495 e. The zero-order valence-electron chi connectivity index (χ0n) is 9.75. The molecule has 16 heavy (non-hydrogen) atoms. The Kier molecular flexibility index (Phi) is 2.92. The molecule has 1 aromatic carbocycles. The number of ether oxygens (including phenoxy) is 2. The summed E-state index contributed by atoms with van der Waals surface area (Å²) < 4.78 is 10.6. The number of anilines is 2. The van der Waals surface area contributed by atoms with E-state index in [2.05, 4.69) is 12.2 Å². The highest BCUT2D eigenvalue weighted by Gasteiger charge is 2.29. The van der Waals surface area contributed by atoms with Gasteiger partial charge in [-0.1, -0.05) is 0 Å². The third kappa shape index (κ3) is 2.22. The molecule has 88 valence electrons. The van der Waals surface area contributed by atoms with Crippen LogP contribution in [0.1, 0.15) is 13.3 Å². The summed E-state index contributed by atoms with van der Waals surface area (Å²) in [4.78, 5) is 0. The van der Waals surface area contributed by atoms with E-state index in [9.17, 15) is 0 Å². The van der Waals surface area contributed by atoms with E-state index in [-0.39, 0.29) is 5.54 Å². The fraction of sp³-hybridized carbons (Fsp3) is 0.500. The molecule has 1 atom stereocenters. The van der Waals surface area contributed by atoms with Gasteiger partial charge in [-0.15, -0.1) is 0 Å². The van der Waals surface area contributed by atoms with Crippen molar-refractivity contribution in [3.8, 4) is 5.75 Å². The fourth-order valence-electron chi connectivity index (χ4n) is 1.90. The van der Waals surface area contributed by atoms with Gasteiger partial charge >= 0.3 is 0 Å². The topological polar surface area (TPSA) is 56.5 Å². The fourth-order valence-corrected chi connectivity index (χ4v) is 1.90. The van der Waals surface area contributed by atoms with E-state index < -0.39 is 0 Å². The van der Waals surface area contributed by atoms with Crippen LogP contribution in [0, 0.1) is 0 Å². The summed E-state index contributed by atoms with van der Waals surface area (Å²) in [6.07, 6.45) is 1.01. The van der Waals surface area contributed by atoms with Crippen molar-refractivity contribution in [2.75, 3.05) is 31.4 Å². The van der Waals surface area contributed by atoms with Crippen LogP contribution in [0.25, 0.3) is 0 Å². The Hall–Kier alpha value is -1.42. The molecular formula is C12H18N2O2. The maximum atomic E-state index is 5.76. The minimum atomic E-state index is 0.0150. The number of hydrogen-bond donors (Lipinski definition) is 2. The zero-order valence-corrected chi connectivity index (χ0v) is 9.75. The van der Waals surface area contributed by atoms with Gasteiger partial charge in [0.2, 0.25) is 0 Å². The second-order valence-corrected chi connectivity index (χ2v) is 4.44. The molecule has 0 bridgehead atoms. The number of nitrogens with two attached hydrogens (primary N) is 1. The van der Waals surface area contributed by atoms with Crippen LogP contribution >= 0.6 is 0 Å². The van der Waals surface area contributed by atoms with Crippen LogP contribution < -0.4 is 15.8 Å². The van der Waals surface area contributed by atoms with Crippen molar-refractivity contribution >= 4 is 11.4 Å². The summed E-state index contributed by atoms with van der Waals surface area (Å²) >= 11 is 0. The lowest BCUT2D eigenvalue weighted by molar-refractivity contribution is 0.185. The number of hydrogen-bond acceptors (Lipinski definition) is 4. The van der Waals surface area contributed by atoms with E-state index in [1.54, 1.807) is 7.11 Å². The standard InChI is InChI=1S/C12H18N2O2/c1-12(5-6-16-8-12)14-9-3-4-10(13)11(7-9)15-2/h3-4,7,14H,5-6,8,13H2,1-2H3. The van der Waals surface area contributed by atoms with Crippen LogP contribution in [0.4, 0.5) is 11.4 Å². The number of rotatable bonds is 3. The predicted molar refractivity (Wildman–Crippen MR) is 64.9 cm³/mol. The molecule has 0 radical (unpaired) electrons. The number of methoxy groups -OCH3 is 1. The Labute approximate surface area is 95.7 Å². The van der Waals surface area contributed by atoms with Gasteiger partial charge in [-0.25, -0.2) is 0 Å².